The maximum Gasteiger partial charge on any atom is 0.225 e. The van der Waals surface area contributed by atoms with Gasteiger partial charge in [0.05, 0.1) is 0 Å². The first-order valence-corrected chi connectivity index (χ1v) is 13.2. The summed E-state index contributed by atoms with van der Waals surface area (Å²) in [5, 5.41) is 0. The van der Waals surface area contributed by atoms with Gasteiger partial charge in [-0.25, -0.2) is 0 Å². The van der Waals surface area contributed by atoms with E-state index in [-0.39, 0.29) is 11.8 Å². The molecule has 0 saturated heterocycles. The number of carbonyl (C=O) groups excluding carboxylic acids is 2. The molecule has 2 saturated carbocycles. The van der Waals surface area contributed by atoms with Gasteiger partial charge in [-0.2, -0.15) is 0 Å². The lowest BCUT2D eigenvalue weighted by molar-refractivity contribution is -0.144. The zero-order valence-corrected chi connectivity index (χ0v) is 20.3. The maximum absolute atomic E-state index is 13.4. The lowest BCUT2D eigenvalue weighted by Gasteiger charge is -2.41. The smallest absolute Gasteiger partial charge is 0.225 e. The molecule has 2 aliphatic rings. The molecule has 174 valence electrons. The first kappa shape index (κ1) is 25.2. The second-order valence-electron chi connectivity index (χ2n) is 9.67. The van der Waals surface area contributed by atoms with Crippen molar-refractivity contribution in [3.8, 4) is 0 Å². The number of hydrogen-bond acceptors (Lipinski definition) is 2. The van der Waals surface area contributed by atoms with Crippen LogP contribution in [0.1, 0.15) is 118 Å². The first-order chi connectivity index (χ1) is 14.6. The van der Waals surface area contributed by atoms with E-state index in [0.29, 0.717) is 23.9 Å². The summed E-state index contributed by atoms with van der Waals surface area (Å²) in [6, 6.07) is 0.756. The molecule has 0 atom stereocenters. The number of hydrogen-bond donors (Lipinski definition) is 0. The third-order valence-electron chi connectivity index (χ3n) is 7.85. The highest BCUT2D eigenvalue weighted by Gasteiger charge is 2.33. The average molecular weight is 421 g/mol. The van der Waals surface area contributed by atoms with E-state index >= 15 is 0 Å². The van der Waals surface area contributed by atoms with E-state index in [1.165, 1.54) is 38.5 Å². The Morgan fingerprint density at radius 2 is 0.900 bits per heavy atom. The topological polar surface area (TPSA) is 40.6 Å². The summed E-state index contributed by atoms with van der Waals surface area (Å²) >= 11 is 0. The second kappa shape index (κ2) is 13.4. The van der Waals surface area contributed by atoms with Gasteiger partial charge in [0.15, 0.2) is 0 Å². The van der Waals surface area contributed by atoms with Crippen molar-refractivity contribution in [1.82, 2.24) is 9.80 Å². The van der Waals surface area contributed by atoms with E-state index in [9.17, 15) is 9.59 Å². The van der Waals surface area contributed by atoms with Crippen LogP contribution in [0, 0.1) is 11.8 Å². The molecular formula is C26H48N2O2. The van der Waals surface area contributed by atoms with Gasteiger partial charge in [-0.1, -0.05) is 66.2 Å². The molecule has 0 aromatic carbocycles. The first-order valence-electron chi connectivity index (χ1n) is 13.2. The highest BCUT2D eigenvalue weighted by atomic mass is 16.2. The van der Waals surface area contributed by atoms with Crippen molar-refractivity contribution in [3.05, 3.63) is 0 Å². The average Bonchev–Trinajstić information content (AvgIpc) is 2.79. The minimum absolute atomic E-state index is 0.129. The predicted octanol–water partition coefficient (Wildman–Crippen LogP) is 6.18. The summed E-state index contributed by atoms with van der Waals surface area (Å²) in [5.41, 5.74) is 0. The van der Waals surface area contributed by atoms with E-state index in [2.05, 4.69) is 37.5 Å². The number of carbonyl (C=O) groups is 2. The van der Waals surface area contributed by atoms with Crippen LogP contribution in [0.25, 0.3) is 0 Å². The van der Waals surface area contributed by atoms with Crippen molar-refractivity contribution in [2.24, 2.45) is 11.8 Å². The van der Waals surface area contributed by atoms with E-state index in [1.54, 1.807) is 0 Å². The molecule has 0 heterocycles. The van der Waals surface area contributed by atoms with Crippen molar-refractivity contribution in [2.75, 3.05) is 13.1 Å². The SMILES string of the molecule is CCC(CC)C(=O)N(CCN(C(=O)C(CC)CC)C1CCCCC1)C1CCCCC1. The normalized spacial score (nSPS) is 18.7. The zero-order chi connectivity index (χ0) is 21.9. The molecule has 2 rings (SSSR count). The van der Waals surface area contributed by atoms with Crippen LogP contribution in [0.4, 0.5) is 0 Å². The Kier molecular flexibility index (Phi) is 11.2. The van der Waals surface area contributed by atoms with Gasteiger partial charge in [0.25, 0.3) is 0 Å². The van der Waals surface area contributed by atoms with E-state index in [0.717, 1.165) is 64.5 Å². The van der Waals surface area contributed by atoms with Crippen LogP contribution < -0.4 is 0 Å². The van der Waals surface area contributed by atoms with Crippen LogP contribution in [0.5, 0.6) is 0 Å². The van der Waals surface area contributed by atoms with Crippen molar-refractivity contribution in [2.45, 2.75) is 130 Å². The molecule has 0 aliphatic heterocycles. The molecule has 0 aromatic heterocycles. The van der Waals surface area contributed by atoms with E-state index < -0.39 is 0 Å². The van der Waals surface area contributed by atoms with Crippen molar-refractivity contribution in [3.63, 3.8) is 0 Å². The summed E-state index contributed by atoms with van der Waals surface area (Å²) in [7, 11) is 0. The Bertz CT molecular complexity index is 455. The molecule has 0 unspecified atom stereocenters. The van der Waals surface area contributed by atoms with Crippen molar-refractivity contribution < 1.29 is 9.59 Å². The van der Waals surface area contributed by atoms with Gasteiger partial charge in [-0.15, -0.1) is 0 Å². The lowest BCUT2D eigenvalue weighted by Crippen LogP contribution is -2.51. The van der Waals surface area contributed by atoms with Crippen LogP contribution in [0.3, 0.4) is 0 Å². The monoisotopic (exact) mass is 420 g/mol. The van der Waals surface area contributed by atoms with Crippen LogP contribution >= 0.6 is 0 Å². The minimum Gasteiger partial charge on any atom is -0.338 e. The quantitative estimate of drug-likeness (QED) is 0.400. The number of rotatable bonds is 11. The molecule has 2 amide bonds. The molecule has 30 heavy (non-hydrogen) atoms. The summed E-state index contributed by atoms with van der Waals surface area (Å²) in [6.07, 6.45) is 15.7. The van der Waals surface area contributed by atoms with Gasteiger partial charge in [-0.05, 0) is 51.4 Å². The van der Waals surface area contributed by atoms with Gasteiger partial charge >= 0.3 is 0 Å². The van der Waals surface area contributed by atoms with Crippen LogP contribution in [0.2, 0.25) is 0 Å². The van der Waals surface area contributed by atoms with Gasteiger partial charge < -0.3 is 9.80 Å². The molecular weight excluding hydrogens is 372 g/mol. The Balaban J connectivity index is 2.17. The third kappa shape index (κ3) is 6.72. The molecule has 0 radical (unpaired) electrons. The molecule has 0 spiro atoms. The molecule has 0 N–H and O–H groups in total. The van der Waals surface area contributed by atoms with Crippen LogP contribution in [-0.4, -0.2) is 46.8 Å². The molecule has 0 bridgehead atoms. The van der Waals surface area contributed by atoms with Gasteiger partial charge in [0.2, 0.25) is 11.8 Å². The van der Waals surface area contributed by atoms with Crippen LogP contribution in [0.15, 0.2) is 0 Å². The lowest BCUT2D eigenvalue weighted by atomic mass is 9.91. The fourth-order valence-corrected chi connectivity index (χ4v) is 5.69. The molecule has 4 nitrogen and oxygen atoms in total. The Labute approximate surface area is 186 Å². The highest BCUT2D eigenvalue weighted by Crippen LogP contribution is 2.28. The van der Waals surface area contributed by atoms with Gasteiger partial charge in [0, 0.05) is 37.0 Å². The van der Waals surface area contributed by atoms with Gasteiger partial charge in [0.1, 0.15) is 0 Å². The Hall–Kier alpha value is -1.06. The number of nitrogens with zero attached hydrogens (tertiary/aromatic N) is 2. The van der Waals surface area contributed by atoms with Crippen molar-refractivity contribution in [1.29, 1.82) is 0 Å². The van der Waals surface area contributed by atoms with Gasteiger partial charge in [-0.3, -0.25) is 9.59 Å². The fraction of sp³-hybridized carbons (Fsp3) is 0.923. The third-order valence-corrected chi connectivity index (χ3v) is 7.85. The summed E-state index contributed by atoms with van der Waals surface area (Å²) < 4.78 is 0. The zero-order valence-electron chi connectivity index (χ0n) is 20.3. The molecule has 2 aliphatic carbocycles. The standard InChI is InChI=1S/C26H48N2O2/c1-5-21(6-2)25(29)27(23-15-11-9-12-16-23)19-20-28(24-17-13-10-14-18-24)26(30)22(7-3)8-4/h21-24H,5-20H2,1-4H3. The fourth-order valence-electron chi connectivity index (χ4n) is 5.69. The summed E-state index contributed by atoms with van der Waals surface area (Å²) in [5.74, 6) is 0.936. The second-order valence-corrected chi connectivity index (χ2v) is 9.67. The van der Waals surface area contributed by atoms with Crippen LogP contribution in [-0.2, 0) is 9.59 Å². The number of amides is 2. The predicted molar refractivity (Wildman–Crippen MR) is 125 cm³/mol. The summed E-state index contributed by atoms with van der Waals surface area (Å²) in [4.78, 5) is 31.3. The molecule has 2 fully saturated rings. The Morgan fingerprint density at radius 1 is 0.600 bits per heavy atom. The molecule has 0 aromatic rings. The summed E-state index contributed by atoms with van der Waals surface area (Å²) in [6.45, 7) is 9.99. The highest BCUT2D eigenvalue weighted by molar-refractivity contribution is 5.80. The van der Waals surface area contributed by atoms with E-state index in [4.69, 9.17) is 0 Å². The van der Waals surface area contributed by atoms with E-state index in [1.807, 2.05) is 0 Å². The maximum atomic E-state index is 13.4. The minimum atomic E-state index is 0.129. The van der Waals surface area contributed by atoms with Crippen molar-refractivity contribution >= 4 is 11.8 Å². The Morgan fingerprint density at radius 3 is 1.17 bits per heavy atom. The largest absolute Gasteiger partial charge is 0.338 e. The molecule has 4 heteroatoms.